The monoisotopic (exact) mass is 636 g/mol. The van der Waals surface area contributed by atoms with Gasteiger partial charge in [-0.1, -0.05) is 11.6 Å². The van der Waals surface area contributed by atoms with Crippen molar-refractivity contribution in [1.29, 1.82) is 0 Å². The van der Waals surface area contributed by atoms with Crippen molar-refractivity contribution >= 4 is 46.9 Å². The third-order valence-electron chi connectivity index (χ3n) is 5.27. The summed E-state index contributed by atoms with van der Waals surface area (Å²) in [7, 11) is 0. The summed E-state index contributed by atoms with van der Waals surface area (Å²) < 4.78 is 50.0. The second-order valence-electron chi connectivity index (χ2n) is 10.1. The maximum Gasteiger partial charge on any atom is 0.417 e. The maximum atomic E-state index is 13.1. The third-order valence-corrected chi connectivity index (χ3v) is 5.60. The fourth-order valence-corrected chi connectivity index (χ4v) is 3.52. The van der Waals surface area contributed by atoms with Crippen LogP contribution in [0.1, 0.15) is 43.7 Å². The van der Waals surface area contributed by atoms with Crippen molar-refractivity contribution in [2.24, 2.45) is 0 Å². The zero-order chi connectivity index (χ0) is 32.7. The number of nitrogens with zero attached hydrogens (tertiary/aromatic N) is 1. The van der Waals surface area contributed by atoms with E-state index in [-0.39, 0.29) is 17.1 Å². The van der Waals surface area contributed by atoms with Crippen molar-refractivity contribution in [3.05, 3.63) is 77.1 Å². The van der Waals surface area contributed by atoms with Crippen LogP contribution in [0.2, 0.25) is 5.02 Å². The highest BCUT2D eigenvalue weighted by Crippen LogP contribution is 2.36. The van der Waals surface area contributed by atoms with Crippen LogP contribution in [-0.2, 0) is 15.7 Å². The van der Waals surface area contributed by atoms with Gasteiger partial charge in [-0.2, -0.15) is 13.2 Å². The molecule has 5 amide bonds. The van der Waals surface area contributed by atoms with Gasteiger partial charge in [-0.05, 0) is 76.2 Å². The van der Waals surface area contributed by atoms with Crippen molar-refractivity contribution in [2.45, 2.75) is 45.5 Å². The van der Waals surface area contributed by atoms with Crippen LogP contribution in [0, 0.1) is 0 Å². The Kier molecular flexibility index (Phi) is 10.6. The molecule has 0 aliphatic heterocycles. The Morgan fingerprint density at radius 2 is 1.50 bits per heavy atom. The topological polar surface area (TPSA) is 160 Å². The SMILES string of the molecule is CC(NC(=O)OC(C)(C)C)C(=O)NNC(=O)c1cc(Oc2ccc(NC(=O)Nc3ccc(Cl)c(C(F)(F)F)c3)cc2)ccn1. The second-order valence-corrected chi connectivity index (χ2v) is 10.5. The first-order valence-corrected chi connectivity index (χ1v) is 13.2. The lowest BCUT2D eigenvalue weighted by molar-refractivity contribution is -0.137. The van der Waals surface area contributed by atoms with Crippen LogP contribution in [0.3, 0.4) is 0 Å². The number of hydrogen-bond donors (Lipinski definition) is 5. The minimum absolute atomic E-state index is 0.0959. The van der Waals surface area contributed by atoms with E-state index in [0.29, 0.717) is 11.4 Å². The number of amides is 5. The molecule has 1 aromatic heterocycles. The van der Waals surface area contributed by atoms with Gasteiger partial charge in [0.15, 0.2) is 0 Å². The smallest absolute Gasteiger partial charge is 0.417 e. The molecule has 0 aliphatic carbocycles. The Hall–Kier alpha value is -5.05. The highest BCUT2D eigenvalue weighted by Gasteiger charge is 2.33. The lowest BCUT2D eigenvalue weighted by Crippen LogP contribution is -2.51. The number of hydrogen-bond acceptors (Lipinski definition) is 7. The van der Waals surface area contributed by atoms with Crippen LogP contribution in [-0.4, -0.2) is 40.6 Å². The summed E-state index contributed by atoms with van der Waals surface area (Å²) in [6.45, 7) is 6.41. The number of alkyl carbamates (subject to hydrolysis) is 1. The first-order valence-electron chi connectivity index (χ1n) is 12.8. The van der Waals surface area contributed by atoms with Gasteiger partial charge in [0.2, 0.25) is 0 Å². The number of carbonyl (C=O) groups is 4. The molecule has 0 saturated carbocycles. The molecule has 0 saturated heterocycles. The average molecular weight is 637 g/mol. The number of pyridine rings is 1. The number of halogens is 4. The number of rotatable bonds is 7. The fourth-order valence-electron chi connectivity index (χ4n) is 3.30. The molecule has 0 radical (unpaired) electrons. The lowest BCUT2D eigenvalue weighted by Gasteiger charge is -2.21. The average Bonchev–Trinajstić information content (AvgIpc) is 2.92. The van der Waals surface area contributed by atoms with E-state index in [1.165, 1.54) is 55.6 Å². The van der Waals surface area contributed by atoms with Gasteiger partial charge < -0.3 is 25.4 Å². The largest absolute Gasteiger partial charge is 0.457 e. The minimum Gasteiger partial charge on any atom is -0.457 e. The van der Waals surface area contributed by atoms with Gasteiger partial charge in [0.1, 0.15) is 28.8 Å². The molecule has 0 fully saturated rings. The molecule has 12 nitrogen and oxygen atoms in total. The summed E-state index contributed by atoms with van der Waals surface area (Å²) in [5.41, 5.74) is 2.64. The first kappa shape index (κ1) is 33.5. The molecule has 234 valence electrons. The van der Waals surface area contributed by atoms with Crippen LogP contribution in [0.25, 0.3) is 0 Å². The van der Waals surface area contributed by atoms with E-state index in [1.807, 2.05) is 0 Å². The number of carbonyl (C=O) groups excluding carboxylic acids is 4. The summed E-state index contributed by atoms with van der Waals surface area (Å²) in [5, 5.41) is 6.64. The van der Waals surface area contributed by atoms with Crippen LogP contribution in [0.15, 0.2) is 60.8 Å². The third kappa shape index (κ3) is 10.3. The van der Waals surface area contributed by atoms with Gasteiger partial charge in [0.25, 0.3) is 11.8 Å². The van der Waals surface area contributed by atoms with Gasteiger partial charge in [-0.15, -0.1) is 0 Å². The Bertz CT molecular complexity index is 1530. The van der Waals surface area contributed by atoms with Gasteiger partial charge >= 0.3 is 18.3 Å². The zero-order valence-electron chi connectivity index (χ0n) is 23.8. The predicted octanol–water partition coefficient (Wildman–Crippen LogP) is 5.86. The molecule has 0 spiro atoms. The summed E-state index contributed by atoms with van der Waals surface area (Å²) >= 11 is 5.59. The molecule has 3 rings (SSSR count). The van der Waals surface area contributed by atoms with Crippen LogP contribution in [0.4, 0.5) is 34.1 Å². The van der Waals surface area contributed by atoms with E-state index in [9.17, 15) is 32.3 Å². The quantitative estimate of drug-likeness (QED) is 0.203. The number of aromatic nitrogens is 1. The standard InChI is InChI=1S/C28H28ClF3N6O6/c1-15(34-26(42)44-27(2,3)4)23(39)37-38-24(40)22-14-19(11-12-33-22)43-18-8-5-16(6-9-18)35-25(41)36-17-7-10-21(29)20(13-17)28(30,31)32/h5-15H,1-4H3,(H,34,42)(H,37,39)(H,38,40)(H2,35,36,41). The minimum atomic E-state index is -4.68. The van der Waals surface area contributed by atoms with Gasteiger partial charge in [0, 0.05) is 23.6 Å². The highest BCUT2D eigenvalue weighted by atomic mass is 35.5. The summed E-state index contributed by atoms with van der Waals surface area (Å²) in [6, 6.07) is 9.92. The molecule has 44 heavy (non-hydrogen) atoms. The van der Waals surface area contributed by atoms with Gasteiger partial charge in [-0.3, -0.25) is 25.4 Å². The van der Waals surface area contributed by atoms with Gasteiger partial charge in [0.05, 0.1) is 10.6 Å². The Balaban J connectivity index is 1.52. The van der Waals surface area contributed by atoms with Crippen molar-refractivity contribution in [3.63, 3.8) is 0 Å². The van der Waals surface area contributed by atoms with Crippen molar-refractivity contribution in [1.82, 2.24) is 21.2 Å². The molecule has 0 aliphatic rings. The van der Waals surface area contributed by atoms with Crippen molar-refractivity contribution in [3.8, 4) is 11.5 Å². The molecular weight excluding hydrogens is 609 g/mol. The number of benzene rings is 2. The van der Waals surface area contributed by atoms with Crippen molar-refractivity contribution in [2.75, 3.05) is 10.6 Å². The summed E-state index contributed by atoms with van der Waals surface area (Å²) in [5.74, 6) is -0.936. The van der Waals surface area contributed by atoms with Crippen LogP contribution >= 0.6 is 11.6 Å². The zero-order valence-corrected chi connectivity index (χ0v) is 24.5. The summed E-state index contributed by atoms with van der Waals surface area (Å²) in [6.07, 6.45) is -4.18. The molecule has 1 atom stereocenters. The number of anilines is 2. The molecule has 3 aromatic rings. The Morgan fingerprint density at radius 1 is 0.864 bits per heavy atom. The fraction of sp³-hybridized carbons (Fsp3) is 0.250. The van der Waals surface area contributed by atoms with Gasteiger partial charge in [-0.25, -0.2) is 9.59 Å². The van der Waals surface area contributed by atoms with E-state index in [0.717, 1.165) is 12.1 Å². The van der Waals surface area contributed by atoms with E-state index in [4.69, 9.17) is 21.1 Å². The van der Waals surface area contributed by atoms with E-state index >= 15 is 0 Å². The summed E-state index contributed by atoms with van der Waals surface area (Å²) in [4.78, 5) is 52.7. The molecule has 16 heteroatoms. The Labute approximate surface area is 254 Å². The Morgan fingerprint density at radius 3 is 2.14 bits per heavy atom. The molecule has 0 bridgehead atoms. The molecule has 2 aromatic carbocycles. The number of hydrazine groups is 1. The molecular formula is C28H28ClF3N6O6. The van der Waals surface area contributed by atoms with Crippen molar-refractivity contribution < 1.29 is 41.8 Å². The maximum absolute atomic E-state index is 13.1. The van der Waals surface area contributed by atoms with E-state index in [2.05, 4.69) is 31.8 Å². The first-order chi connectivity index (χ1) is 20.5. The molecule has 5 N–H and O–H groups in total. The number of nitrogens with one attached hydrogen (secondary N) is 5. The van der Waals surface area contributed by atoms with E-state index in [1.54, 1.807) is 20.8 Å². The second kappa shape index (κ2) is 13.9. The number of alkyl halides is 3. The van der Waals surface area contributed by atoms with Crippen LogP contribution < -0.4 is 31.5 Å². The molecule has 1 unspecified atom stereocenters. The normalized spacial score (nSPS) is 11.9. The lowest BCUT2D eigenvalue weighted by atomic mass is 10.2. The number of urea groups is 1. The number of ether oxygens (including phenoxy) is 2. The van der Waals surface area contributed by atoms with E-state index < -0.39 is 52.3 Å². The highest BCUT2D eigenvalue weighted by molar-refractivity contribution is 6.31. The predicted molar refractivity (Wildman–Crippen MR) is 154 cm³/mol. The van der Waals surface area contributed by atoms with Crippen LogP contribution in [0.5, 0.6) is 11.5 Å². The molecule has 1 heterocycles.